The van der Waals surface area contributed by atoms with Crippen LogP contribution in [0.3, 0.4) is 0 Å². The van der Waals surface area contributed by atoms with Gasteiger partial charge in [-0.2, -0.15) is 0 Å². The minimum absolute atomic E-state index is 0.0660. The molecular weight excluding hydrogens is 640 g/mol. The summed E-state index contributed by atoms with van der Waals surface area (Å²) in [4.78, 5) is 45.8. The molecule has 3 heterocycles. The number of pyridine rings is 1. The first-order valence-electron chi connectivity index (χ1n) is 17.2. The molecule has 0 radical (unpaired) electrons. The summed E-state index contributed by atoms with van der Waals surface area (Å²) in [5.74, 6) is -3.10. The molecule has 2 N–H and O–H groups in total. The molecule has 0 bridgehead atoms. The Labute approximate surface area is 289 Å². The van der Waals surface area contributed by atoms with Crippen LogP contribution >= 0.6 is 0 Å². The van der Waals surface area contributed by atoms with E-state index in [0.717, 1.165) is 16.9 Å². The van der Waals surface area contributed by atoms with E-state index in [4.69, 9.17) is 18.9 Å². The number of alkyl halides is 2. The van der Waals surface area contributed by atoms with E-state index in [-0.39, 0.29) is 25.6 Å². The molecule has 2 saturated heterocycles. The quantitative estimate of drug-likeness (QED) is 0.262. The van der Waals surface area contributed by atoms with Crippen molar-refractivity contribution in [1.82, 2.24) is 20.1 Å². The van der Waals surface area contributed by atoms with Gasteiger partial charge in [-0.15, -0.1) is 0 Å². The van der Waals surface area contributed by atoms with E-state index in [0.29, 0.717) is 43.9 Å². The highest BCUT2D eigenvalue weighted by Gasteiger charge is 2.44. The van der Waals surface area contributed by atoms with Crippen molar-refractivity contribution in [1.29, 1.82) is 0 Å². The highest BCUT2D eigenvalue weighted by molar-refractivity contribution is 5.83. The number of rotatable bonds is 10. The van der Waals surface area contributed by atoms with Crippen LogP contribution in [0.1, 0.15) is 92.8 Å². The number of hydrogen-bond acceptors (Lipinski definition) is 9. The largest absolute Gasteiger partial charge is 0.444 e. The maximum Gasteiger partial charge on any atom is 0.413 e. The Morgan fingerprint density at radius 3 is 2.20 bits per heavy atom. The lowest BCUT2D eigenvalue weighted by Crippen LogP contribution is -2.55. The first-order chi connectivity index (χ1) is 22.5. The van der Waals surface area contributed by atoms with Crippen LogP contribution in [0, 0.1) is 12.8 Å². The Morgan fingerprint density at radius 1 is 0.959 bits per heavy atom. The van der Waals surface area contributed by atoms with Crippen molar-refractivity contribution in [3.8, 4) is 0 Å². The van der Waals surface area contributed by atoms with Crippen LogP contribution < -0.4 is 10.6 Å². The van der Waals surface area contributed by atoms with E-state index in [9.17, 15) is 14.4 Å². The molecular formula is C35H57F2N5O7. The van der Waals surface area contributed by atoms with Crippen molar-refractivity contribution < 1.29 is 42.1 Å². The Kier molecular flexibility index (Phi) is 13.3. The number of aryl methyl sites for hydroxylation is 1. The molecule has 49 heavy (non-hydrogen) atoms. The van der Waals surface area contributed by atoms with Gasteiger partial charge in [-0.1, -0.05) is 6.42 Å². The van der Waals surface area contributed by atoms with Crippen molar-refractivity contribution in [2.45, 2.75) is 130 Å². The number of piperidine rings is 1. The van der Waals surface area contributed by atoms with Crippen molar-refractivity contribution in [2.24, 2.45) is 5.92 Å². The lowest BCUT2D eigenvalue weighted by Gasteiger charge is -2.35. The summed E-state index contributed by atoms with van der Waals surface area (Å²) >= 11 is 0. The van der Waals surface area contributed by atoms with Gasteiger partial charge in [0, 0.05) is 24.7 Å². The van der Waals surface area contributed by atoms with Crippen LogP contribution in [-0.2, 0) is 25.4 Å². The van der Waals surface area contributed by atoms with E-state index in [1.54, 1.807) is 73.3 Å². The van der Waals surface area contributed by atoms with Crippen molar-refractivity contribution in [3.63, 3.8) is 0 Å². The normalized spacial score (nSPS) is 20.5. The van der Waals surface area contributed by atoms with E-state index in [1.807, 2.05) is 13.0 Å². The summed E-state index contributed by atoms with van der Waals surface area (Å²) in [5.41, 5.74) is -0.754. The number of halogens is 2. The average Bonchev–Trinajstić information content (AvgIpc) is 3.32. The molecule has 3 rings (SSSR count). The second-order valence-corrected chi connectivity index (χ2v) is 16.1. The molecule has 2 aliphatic heterocycles. The minimum Gasteiger partial charge on any atom is -0.444 e. The van der Waals surface area contributed by atoms with Crippen LogP contribution in [0.25, 0.3) is 0 Å². The fraction of sp³-hybridized carbons (Fsp3) is 0.771. The van der Waals surface area contributed by atoms with Gasteiger partial charge in [-0.3, -0.25) is 10.2 Å². The number of carbonyl (C=O) groups excluding carboxylic acids is 3. The number of nitrogens with zero attached hydrogens (tertiary/aromatic N) is 3. The summed E-state index contributed by atoms with van der Waals surface area (Å²) < 4.78 is 53.6. The highest BCUT2D eigenvalue weighted by Crippen LogP contribution is 2.29. The predicted molar refractivity (Wildman–Crippen MR) is 182 cm³/mol. The molecule has 0 aliphatic carbocycles. The fourth-order valence-electron chi connectivity index (χ4n) is 5.74. The van der Waals surface area contributed by atoms with E-state index in [1.165, 1.54) is 0 Å². The molecule has 278 valence electrons. The Balaban J connectivity index is 1.77. The van der Waals surface area contributed by atoms with E-state index < -0.39 is 59.7 Å². The number of carbonyl (C=O) groups is 3. The number of ether oxygens (including phenoxy) is 4. The van der Waals surface area contributed by atoms with Crippen LogP contribution in [0.5, 0.6) is 0 Å². The smallest absolute Gasteiger partial charge is 0.413 e. The second-order valence-electron chi connectivity index (χ2n) is 16.1. The molecule has 1 aromatic rings. The van der Waals surface area contributed by atoms with E-state index in [2.05, 4.69) is 15.6 Å². The van der Waals surface area contributed by atoms with Crippen molar-refractivity contribution >= 4 is 24.1 Å². The number of hydrogen-bond donors (Lipinski definition) is 2. The molecule has 0 saturated carbocycles. The zero-order chi connectivity index (χ0) is 36.8. The zero-order valence-electron chi connectivity index (χ0n) is 30.9. The van der Waals surface area contributed by atoms with E-state index >= 15 is 8.78 Å². The molecule has 0 spiro atoms. The molecule has 3 amide bonds. The summed E-state index contributed by atoms with van der Waals surface area (Å²) in [5, 5.41) is 5.58. The summed E-state index contributed by atoms with van der Waals surface area (Å²) in [6.07, 6.45) is -0.268. The van der Waals surface area contributed by atoms with Crippen LogP contribution in [0.2, 0.25) is 0 Å². The number of amides is 3. The Morgan fingerprint density at radius 2 is 1.61 bits per heavy atom. The van der Waals surface area contributed by atoms with Gasteiger partial charge >= 0.3 is 18.3 Å². The van der Waals surface area contributed by atoms with Gasteiger partial charge < -0.3 is 29.2 Å². The van der Waals surface area contributed by atoms with Gasteiger partial charge in [0.1, 0.15) is 22.6 Å². The maximum atomic E-state index is 15.4. The molecule has 0 aromatic carbocycles. The SMILES string of the molecule is Cc1cc(C[C@H]2CN(C(=O)OC(C)(C)C)C[C@H]2OCCN(CC(F)(F)C2CCCCN2)C(=O)OC(C)(C)C)nc(NC(=O)OC(C)(C)C)c1. The number of anilines is 1. The third kappa shape index (κ3) is 13.9. The van der Waals surface area contributed by atoms with Crippen LogP contribution in [0.15, 0.2) is 12.1 Å². The Bertz CT molecular complexity index is 1290. The summed E-state index contributed by atoms with van der Waals surface area (Å²) in [7, 11) is 0. The fourth-order valence-corrected chi connectivity index (χ4v) is 5.74. The minimum atomic E-state index is -3.18. The Hall–Kier alpha value is -3.26. The molecule has 1 unspecified atom stereocenters. The van der Waals surface area contributed by atoms with Crippen molar-refractivity contribution in [2.75, 3.05) is 44.6 Å². The monoisotopic (exact) mass is 697 g/mol. The lowest BCUT2D eigenvalue weighted by atomic mass is 9.98. The highest BCUT2D eigenvalue weighted by atomic mass is 19.3. The molecule has 12 nitrogen and oxygen atoms in total. The summed E-state index contributed by atoms with van der Waals surface area (Å²) in [6, 6.07) is 2.58. The van der Waals surface area contributed by atoms with Crippen molar-refractivity contribution in [3.05, 3.63) is 23.4 Å². The summed E-state index contributed by atoms with van der Waals surface area (Å²) in [6.45, 7) is 17.6. The zero-order valence-corrected chi connectivity index (χ0v) is 30.9. The molecule has 14 heteroatoms. The maximum absolute atomic E-state index is 15.4. The van der Waals surface area contributed by atoms with Gasteiger partial charge in [0.2, 0.25) is 0 Å². The molecule has 1 aromatic heterocycles. The predicted octanol–water partition coefficient (Wildman–Crippen LogP) is 6.55. The third-order valence-electron chi connectivity index (χ3n) is 7.72. The van der Waals surface area contributed by atoms with Gasteiger partial charge in [0.15, 0.2) is 0 Å². The van der Waals surface area contributed by atoms with Gasteiger partial charge in [-0.05, 0) is 113 Å². The second kappa shape index (κ2) is 16.2. The molecule has 2 fully saturated rings. The number of aromatic nitrogens is 1. The van der Waals surface area contributed by atoms with Crippen LogP contribution in [0.4, 0.5) is 29.0 Å². The third-order valence-corrected chi connectivity index (χ3v) is 7.72. The first kappa shape index (κ1) is 40.2. The van der Waals surface area contributed by atoms with Gasteiger partial charge in [0.25, 0.3) is 5.92 Å². The van der Waals surface area contributed by atoms with Crippen LogP contribution in [-0.4, -0.2) is 107 Å². The van der Waals surface area contributed by atoms with Gasteiger partial charge in [0.05, 0.1) is 31.8 Å². The first-order valence-corrected chi connectivity index (χ1v) is 17.2. The lowest BCUT2D eigenvalue weighted by molar-refractivity contribution is -0.0781. The molecule has 2 aliphatic rings. The average molecular weight is 698 g/mol. The topological polar surface area (TPSA) is 132 Å². The molecule has 3 atom stereocenters. The number of nitrogens with one attached hydrogen (secondary N) is 2. The van der Waals surface area contributed by atoms with Gasteiger partial charge in [-0.25, -0.2) is 28.1 Å². The standard InChI is InChI=1S/C35H57F2N5O7/c1-23-17-25(39-28(18-23)40-29(43)47-32(2,3)4)19-24-20-42(31(45)49-34(8,9)10)21-26(24)46-16-15-41(30(44)48-33(5,6)7)22-35(36,37)27-13-11-12-14-38-27/h17-18,24,26-27,38H,11-16,19-22H2,1-10H3,(H,39,40,43)/t24-,26+,27?/m0/s1. The number of likely N-dealkylation sites (tertiary alicyclic amines) is 1.